The highest BCUT2D eigenvalue weighted by Crippen LogP contribution is 2.25. The zero-order valence-electron chi connectivity index (χ0n) is 8.66. The Morgan fingerprint density at radius 2 is 2.36 bits per heavy atom. The van der Waals surface area contributed by atoms with Gasteiger partial charge in [0.1, 0.15) is 6.61 Å². The second kappa shape index (κ2) is 5.15. The second-order valence-corrected chi connectivity index (χ2v) is 3.79. The van der Waals surface area contributed by atoms with Crippen LogP contribution in [0.1, 0.15) is 32.6 Å². The molecule has 0 radical (unpaired) electrons. The monoisotopic (exact) mass is 198 g/mol. The average Bonchev–Trinajstić information content (AvgIpc) is 2.48. The van der Waals surface area contributed by atoms with Gasteiger partial charge in [0, 0.05) is 5.57 Å². The van der Waals surface area contributed by atoms with Crippen LogP contribution in [-0.4, -0.2) is 23.8 Å². The van der Waals surface area contributed by atoms with Gasteiger partial charge in [0.25, 0.3) is 0 Å². The van der Waals surface area contributed by atoms with Crippen LogP contribution in [0.5, 0.6) is 0 Å². The van der Waals surface area contributed by atoms with Gasteiger partial charge in [-0.05, 0) is 6.42 Å². The van der Waals surface area contributed by atoms with Gasteiger partial charge in [0.2, 0.25) is 0 Å². The fourth-order valence-corrected chi connectivity index (χ4v) is 1.66. The maximum absolute atomic E-state index is 11.0. The number of cyclic esters (lactones) is 1. The summed E-state index contributed by atoms with van der Waals surface area (Å²) in [6.45, 7) is 6.05. The van der Waals surface area contributed by atoms with Gasteiger partial charge in [-0.1, -0.05) is 32.8 Å². The van der Waals surface area contributed by atoms with Crippen LogP contribution < -0.4 is 0 Å². The molecular formula is C11H18O3. The molecule has 0 aliphatic carbocycles. The van der Waals surface area contributed by atoms with Gasteiger partial charge in [0.15, 0.2) is 0 Å². The summed E-state index contributed by atoms with van der Waals surface area (Å²) >= 11 is 0. The van der Waals surface area contributed by atoms with Crippen LogP contribution in [0.15, 0.2) is 12.2 Å². The molecule has 1 aliphatic rings. The van der Waals surface area contributed by atoms with Crippen LogP contribution in [0, 0.1) is 5.92 Å². The molecule has 0 aromatic carbocycles. The molecule has 0 aromatic heterocycles. The van der Waals surface area contributed by atoms with Gasteiger partial charge in [-0.25, -0.2) is 4.79 Å². The summed E-state index contributed by atoms with van der Waals surface area (Å²) in [5.74, 6) is -0.538. The normalized spacial score (nSPS) is 23.7. The van der Waals surface area contributed by atoms with Crippen molar-refractivity contribution in [2.75, 3.05) is 6.61 Å². The number of aliphatic hydroxyl groups excluding tert-OH is 1. The maximum atomic E-state index is 11.0. The van der Waals surface area contributed by atoms with E-state index in [1.165, 1.54) is 0 Å². The molecule has 0 bridgehead atoms. The summed E-state index contributed by atoms with van der Waals surface area (Å²) in [5.41, 5.74) is 0.425. The molecule has 1 fully saturated rings. The van der Waals surface area contributed by atoms with E-state index >= 15 is 0 Å². The summed E-state index contributed by atoms with van der Waals surface area (Å²) in [6.07, 6.45) is 3.50. The van der Waals surface area contributed by atoms with Crippen LogP contribution in [0.4, 0.5) is 0 Å². The zero-order chi connectivity index (χ0) is 10.6. The third kappa shape index (κ3) is 2.58. The first-order valence-corrected chi connectivity index (χ1v) is 5.20. The van der Waals surface area contributed by atoms with Crippen molar-refractivity contribution in [2.24, 2.45) is 5.92 Å². The number of unbranched alkanes of at least 4 members (excludes halogenated alkanes) is 2. The average molecular weight is 198 g/mol. The summed E-state index contributed by atoms with van der Waals surface area (Å²) < 4.78 is 4.81. The molecule has 1 aliphatic heterocycles. The van der Waals surface area contributed by atoms with Crippen molar-refractivity contribution in [1.29, 1.82) is 0 Å². The molecule has 1 N–H and O–H groups in total. The molecule has 3 nitrogen and oxygen atoms in total. The number of hydrogen-bond donors (Lipinski definition) is 1. The minimum absolute atomic E-state index is 0.181. The molecule has 0 saturated carbocycles. The number of carbonyl (C=O) groups is 1. The van der Waals surface area contributed by atoms with Gasteiger partial charge in [-0.3, -0.25) is 0 Å². The lowest BCUT2D eigenvalue weighted by atomic mass is 9.93. The first-order chi connectivity index (χ1) is 6.66. The minimum Gasteiger partial charge on any atom is -0.462 e. The minimum atomic E-state index is -0.472. The highest BCUT2D eigenvalue weighted by Gasteiger charge is 2.33. The lowest BCUT2D eigenvalue weighted by Crippen LogP contribution is -2.21. The molecule has 80 valence electrons. The predicted octanol–water partition coefficient (Wildman–Crippen LogP) is 1.66. The quantitative estimate of drug-likeness (QED) is 0.415. The highest BCUT2D eigenvalue weighted by atomic mass is 16.5. The number of hydrogen-bond acceptors (Lipinski definition) is 3. The van der Waals surface area contributed by atoms with Crippen LogP contribution in [0.25, 0.3) is 0 Å². The fraction of sp³-hybridized carbons (Fsp3) is 0.727. The number of carbonyl (C=O) groups excluding carboxylic acids is 1. The van der Waals surface area contributed by atoms with Crippen molar-refractivity contribution in [2.45, 2.75) is 38.7 Å². The van der Waals surface area contributed by atoms with E-state index in [2.05, 4.69) is 13.5 Å². The van der Waals surface area contributed by atoms with Gasteiger partial charge in [0.05, 0.1) is 12.0 Å². The molecule has 2 atom stereocenters. The standard InChI is InChI=1S/C11H18O3/c1-3-4-5-6-10(12)9-7-14-11(13)8(9)2/h9-10,12H,2-7H2,1H3/t9-,10-/m0/s1. The first-order valence-electron chi connectivity index (χ1n) is 5.20. The molecule has 1 rings (SSSR count). The van der Waals surface area contributed by atoms with Crippen LogP contribution in [0.3, 0.4) is 0 Å². The van der Waals surface area contributed by atoms with E-state index in [1.54, 1.807) is 0 Å². The lowest BCUT2D eigenvalue weighted by molar-refractivity contribution is -0.135. The van der Waals surface area contributed by atoms with Crippen molar-refractivity contribution in [3.63, 3.8) is 0 Å². The number of rotatable bonds is 5. The Bertz CT molecular complexity index is 223. The van der Waals surface area contributed by atoms with E-state index in [4.69, 9.17) is 4.74 Å². The molecule has 0 unspecified atom stereocenters. The largest absolute Gasteiger partial charge is 0.462 e. The third-order valence-electron chi connectivity index (χ3n) is 2.67. The Hall–Kier alpha value is -0.830. The summed E-state index contributed by atoms with van der Waals surface area (Å²) in [4.78, 5) is 11.0. The van der Waals surface area contributed by atoms with E-state index < -0.39 is 6.10 Å². The molecule has 0 amide bonds. The summed E-state index contributed by atoms with van der Waals surface area (Å²) in [7, 11) is 0. The molecule has 14 heavy (non-hydrogen) atoms. The first kappa shape index (κ1) is 11.2. The van der Waals surface area contributed by atoms with Gasteiger partial charge in [-0.15, -0.1) is 0 Å². The molecular weight excluding hydrogens is 180 g/mol. The van der Waals surface area contributed by atoms with E-state index in [0.29, 0.717) is 12.2 Å². The number of esters is 1. The van der Waals surface area contributed by atoms with Gasteiger partial charge < -0.3 is 9.84 Å². The predicted molar refractivity (Wildman–Crippen MR) is 53.7 cm³/mol. The van der Waals surface area contributed by atoms with Crippen LogP contribution in [-0.2, 0) is 9.53 Å². The lowest BCUT2D eigenvalue weighted by Gasteiger charge is -2.15. The van der Waals surface area contributed by atoms with Crippen molar-refractivity contribution in [1.82, 2.24) is 0 Å². The SMILES string of the molecule is C=C1C(=O)OC[C@@H]1[C@@H](O)CCCCC. The Morgan fingerprint density at radius 1 is 1.64 bits per heavy atom. The Morgan fingerprint density at radius 3 is 2.86 bits per heavy atom. The van der Waals surface area contributed by atoms with E-state index in [9.17, 15) is 9.90 Å². The van der Waals surface area contributed by atoms with E-state index in [1.807, 2.05) is 0 Å². The van der Waals surface area contributed by atoms with Crippen LogP contribution in [0.2, 0.25) is 0 Å². The smallest absolute Gasteiger partial charge is 0.333 e. The van der Waals surface area contributed by atoms with Crippen LogP contribution >= 0.6 is 0 Å². The Kier molecular flexibility index (Phi) is 4.14. The number of aliphatic hydroxyl groups is 1. The summed E-state index contributed by atoms with van der Waals surface area (Å²) in [5, 5.41) is 9.77. The molecule has 0 spiro atoms. The van der Waals surface area contributed by atoms with Crippen molar-refractivity contribution in [3.8, 4) is 0 Å². The van der Waals surface area contributed by atoms with Gasteiger partial charge >= 0.3 is 5.97 Å². The fourth-order valence-electron chi connectivity index (χ4n) is 1.66. The van der Waals surface area contributed by atoms with Crippen molar-refractivity contribution < 1.29 is 14.6 Å². The maximum Gasteiger partial charge on any atom is 0.333 e. The van der Waals surface area contributed by atoms with E-state index in [0.717, 1.165) is 25.7 Å². The van der Waals surface area contributed by atoms with E-state index in [-0.39, 0.29) is 11.9 Å². The Balaban J connectivity index is 2.34. The number of ether oxygens (including phenoxy) is 1. The molecule has 3 heteroatoms. The second-order valence-electron chi connectivity index (χ2n) is 3.79. The molecule has 1 heterocycles. The summed E-state index contributed by atoms with van der Waals surface area (Å²) in [6, 6.07) is 0. The highest BCUT2D eigenvalue weighted by molar-refractivity contribution is 5.90. The molecule has 1 saturated heterocycles. The van der Waals surface area contributed by atoms with Crippen molar-refractivity contribution >= 4 is 5.97 Å². The molecule has 0 aromatic rings. The topological polar surface area (TPSA) is 46.5 Å². The zero-order valence-corrected chi connectivity index (χ0v) is 8.66. The van der Waals surface area contributed by atoms with Crippen molar-refractivity contribution in [3.05, 3.63) is 12.2 Å². The van der Waals surface area contributed by atoms with Gasteiger partial charge in [-0.2, -0.15) is 0 Å². The Labute approximate surface area is 84.8 Å². The third-order valence-corrected chi connectivity index (χ3v) is 2.67.